The molecule has 3 N–H and O–H groups in total. The summed E-state index contributed by atoms with van der Waals surface area (Å²) in [5, 5.41) is 1.13. The number of pyridine rings is 1. The number of aromatic amines is 1. The highest BCUT2D eigenvalue weighted by molar-refractivity contribution is 5.81. The molecule has 0 unspecified atom stereocenters. The number of nitrogen functional groups attached to an aromatic ring is 1. The molecule has 62 valence electrons. The number of aromatic nitrogens is 2. The lowest BCUT2D eigenvalue weighted by atomic mass is 10.3. The summed E-state index contributed by atoms with van der Waals surface area (Å²) in [7, 11) is 0. The quantitative estimate of drug-likeness (QED) is 0.669. The fourth-order valence-corrected chi connectivity index (χ4v) is 1.29. The smallest absolute Gasteiger partial charge is 0.125 e. The second-order valence-electron chi connectivity index (χ2n) is 2.84. The Hall–Kier alpha value is -1.51. The van der Waals surface area contributed by atoms with Gasteiger partial charge in [0, 0.05) is 23.3 Å². The van der Waals surface area contributed by atoms with E-state index < -0.39 is 0 Å². The molecule has 0 fully saturated rings. The molecule has 0 saturated heterocycles. The minimum absolute atomic E-state index is 0.562. The molecule has 3 nitrogen and oxygen atoms in total. The number of aryl methyl sites for hydroxylation is 1. The van der Waals surface area contributed by atoms with Crippen molar-refractivity contribution in [1.29, 1.82) is 0 Å². The van der Waals surface area contributed by atoms with Gasteiger partial charge < -0.3 is 10.7 Å². The van der Waals surface area contributed by atoms with Gasteiger partial charge in [0.25, 0.3) is 0 Å². The van der Waals surface area contributed by atoms with Crippen molar-refractivity contribution in [2.75, 3.05) is 5.73 Å². The molecule has 0 saturated carbocycles. The number of nitrogens with two attached hydrogens (primary N) is 1. The van der Waals surface area contributed by atoms with E-state index in [1.807, 2.05) is 6.07 Å². The van der Waals surface area contributed by atoms with E-state index in [1.54, 1.807) is 6.20 Å². The SMILES string of the molecule is CCc1cc2cnc(N)cc2[nH]1. The summed E-state index contributed by atoms with van der Waals surface area (Å²) in [6.45, 7) is 2.11. The van der Waals surface area contributed by atoms with Gasteiger partial charge in [0.2, 0.25) is 0 Å². The van der Waals surface area contributed by atoms with Crippen molar-refractivity contribution in [1.82, 2.24) is 9.97 Å². The van der Waals surface area contributed by atoms with Crippen molar-refractivity contribution < 1.29 is 0 Å². The zero-order valence-electron chi connectivity index (χ0n) is 6.96. The minimum atomic E-state index is 0.562. The number of anilines is 1. The average molecular weight is 161 g/mol. The molecule has 0 bridgehead atoms. The first-order chi connectivity index (χ1) is 5.79. The van der Waals surface area contributed by atoms with Crippen LogP contribution < -0.4 is 5.73 Å². The molecule has 0 spiro atoms. The number of hydrogen-bond acceptors (Lipinski definition) is 2. The Morgan fingerprint density at radius 1 is 1.50 bits per heavy atom. The Morgan fingerprint density at radius 2 is 2.33 bits per heavy atom. The van der Waals surface area contributed by atoms with Gasteiger partial charge in [-0.15, -0.1) is 0 Å². The van der Waals surface area contributed by atoms with Gasteiger partial charge in [-0.1, -0.05) is 6.92 Å². The first-order valence-corrected chi connectivity index (χ1v) is 4.02. The predicted octanol–water partition coefficient (Wildman–Crippen LogP) is 1.71. The molecule has 12 heavy (non-hydrogen) atoms. The van der Waals surface area contributed by atoms with Crippen LogP contribution in [0.2, 0.25) is 0 Å². The highest BCUT2D eigenvalue weighted by Crippen LogP contribution is 2.15. The molecule has 0 amide bonds. The Labute approximate surface area is 70.6 Å². The zero-order valence-corrected chi connectivity index (χ0v) is 6.96. The van der Waals surface area contributed by atoms with Gasteiger partial charge in [0.05, 0.1) is 5.52 Å². The maximum absolute atomic E-state index is 5.54. The van der Waals surface area contributed by atoms with Crippen LogP contribution in [0.5, 0.6) is 0 Å². The number of nitrogens with one attached hydrogen (secondary N) is 1. The molecule has 2 rings (SSSR count). The molecule has 0 aromatic carbocycles. The summed E-state index contributed by atoms with van der Waals surface area (Å²) in [4.78, 5) is 7.28. The number of nitrogens with zero attached hydrogens (tertiary/aromatic N) is 1. The number of fused-ring (bicyclic) bond motifs is 1. The molecule has 0 aliphatic rings. The lowest BCUT2D eigenvalue weighted by molar-refractivity contribution is 1.07. The number of H-pyrrole nitrogens is 1. The first kappa shape index (κ1) is 7.16. The topological polar surface area (TPSA) is 54.7 Å². The minimum Gasteiger partial charge on any atom is -0.384 e. The van der Waals surface area contributed by atoms with Crippen molar-refractivity contribution in [3.05, 3.63) is 24.0 Å². The van der Waals surface area contributed by atoms with E-state index in [1.165, 1.54) is 5.69 Å². The maximum atomic E-state index is 5.54. The number of hydrogen-bond donors (Lipinski definition) is 2. The van der Waals surface area contributed by atoms with E-state index in [0.29, 0.717) is 5.82 Å². The highest BCUT2D eigenvalue weighted by atomic mass is 14.8. The van der Waals surface area contributed by atoms with E-state index in [0.717, 1.165) is 17.3 Å². The van der Waals surface area contributed by atoms with Gasteiger partial charge in [-0.05, 0) is 12.5 Å². The average Bonchev–Trinajstić information content (AvgIpc) is 2.46. The number of rotatable bonds is 1. The van der Waals surface area contributed by atoms with Crippen molar-refractivity contribution >= 4 is 16.7 Å². The predicted molar refractivity (Wildman–Crippen MR) is 49.9 cm³/mol. The highest BCUT2D eigenvalue weighted by Gasteiger charge is 1.98. The summed E-state index contributed by atoms with van der Waals surface area (Å²) in [6.07, 6.45) is 2.80. The van der Waals surface area contributed by atoms with Crippen LogP contribution in [0.25, 0.3) is 10.9 Å². The standard InChI is InChI=1S/C9H11N3/c1-2-7-3-6-5-11-9(10)4-8(6)12-7/h3-5,12H,2H2,1H3,(H2,10,11). The van der Waals surface area contributed by atoms with Crippen LogP contribution >= 0.6 is 0 Å². The van der Waals surface area contributed by atoms with Crippen LogP contribution in [0.1, 0.15) is 12.6 Å². The van der Waals surface area contributed by atoms with Crippen LogP contribution in [0.15, 0.2) is 18.3 Å². The van der Waals surface area contributed by atoms with Crippen molar-refractivity contribution in [2.24, 2.45) is 0 Å². The monoisotopic (exact) mass is 161 g/mol. The zero-order chi connectivity index (χ0) is 8.55. The Bertz CT molecular complexity index is 403. The summed E-state index contributed by atoms with van der Waals surface area (Å²) in [6, 6.07) is 3.95. The van der Waals surface area contributed by atoms with Crippen LogP contribution in [0.4, 0.5) is 5.82 Å². The molecule has 2 aromatic rings. The second-order valence-corrected chi connectivity index (χ2v) is 2.84. The fraction of sp³-hybridized carbons (Fsp3) is 0.222. The molecule has 2 heterocycles. The van der Waals surface area contributed by atoms with Gasteiger partial charge in [-0.2, -0.15) is 0 Å². The van der Waals surface area contributed by atoms with Crippen LogP contribution in [0, 0.1) is 0 Å². The van der Waals surface area contributed by atoms with Crippen LogP contribution in [-0.4, -0.2) is 9.97 Å². The summed E-state index contributed by atoms with van der Waals surface area (Å²) in [5.74, 6) is 0.562. The Balaban J connectivity index is 2.67. The third-order valence-corrected chi connectivity index (χ3v) is 1.96. The third-order valence-electron chi connectivity index (χ3n) is 1.96. The fourth-order valence-electron chi connectivity index (χ4n) is 1.29. The van der Waals surface area contributed by atoms with Crippen molar-refractivity contribution in [3.8, 4) is 0 Å². The van der Waals surface area contributed by atoms with E-state index in [2.05, 4.69) is 23.0 Å². The molecular weight excluding hydrogens is 150 g/mol. The summed E-state index contributed by atoms with van der Waals surface area (Å²) in [5.41, 5.74) is 7.83. The second kappa shape index (κ2) is 2.52. The van der Waals surface area contributed by atoms with Crippen LogP contribution in [0.3, 0.4) is 0 Å². The van der Waals surface area contributed by atoms with E-state index in [4.69, 9.17) is 5.73 Å². The molecule has 2 aromatic heterocycles. The van der Waals surface area contributed by atoms with E-state index in [-0.39, 0.29) is 0 Å². The molecular formula is C9H11N3. The Kier molecular flexibility index (Phi) is 1.50. The Morgan fingerprint density at radius 3 is 3.08 bits per heavy atom. The van der Waals surface area contributed by atoms with Gasteiger partial charge in [0.15, 0.2) is 0 Å². The van der Waals surface area contributed by atoms with Crippen molar-refractivity contribution in [3.63, 3.8) is 0 Å². The molecule has 0 radical (unpaired) electrons. The van der Waals surface area contributed by atoms with Gasteiger partial charge in [0.1, 0.15) is 5.82 Å². The van der Waals surface area contributed by atoms with Gasteiger partial charge >= 0.3 is 0 Å². The summed E-state index contributed by atoms with van der Waals surface area (Å²) >= 11 is 0. The molecule has 0 atom stereocenters. The largest absolute Gasteiger partial charge is 0.384 e. The van der Waals surface area contributed by atoms with Crippen LogP contribution in [-0.2, 0) is 6.42 Å². The lowest BCUT2D eigenvalue weighted by Crippen LogP contribution is -1.87. The van der Waals surface area contributed by atoms with E-state index in [9.17, 15) is 0 Å². The molecule has 0 aliphatic heterocycles. The third kappa shape index (κ3) is 1.03. The molecule has 0 aliphatic carbocycles. The van der Waals surface area contributed by atoms with E-state index >= 15 is 0 Å². The van der Waals surface area contributed by atoms with Gasteiger partial charge in [-0.25, -0.2) is 4.98 Å². The summed E-state index contributed by atoms with van der Waals surface area (Å²) < 4.78 is 0. The first-order valence-electron chi connectivity index (χ1n) is 4.02. The lowest BCUT2D eigenvalue weighted by Gasteiger charge is -1.90. The maximum Gasteiger partial charge on any atom is 0.125 e. The van der Waals surface area contributed by atoms with Crippen molar-refractivity contribution in [2.45, 2.75) is 13.3 Å². The van der Waals surface area contributed by atoms with Gasteiger partial charge in [-0.3, -0.25) is 0 Å². The molecule has 3 heteroatoms. The normalized spacial score (nSPS) is 10.8.